The van der Waals surface area contributed by atoms with Crippen molar-refractivity contribution in [3.05, 3.63) is 75.8 Å². The number of carbonyl (C=O) groups is 1. The Bertz CT molecular complexity index is 977. The summed E-state index contributed by atoms with van der Waals surface area (Å²) in [5, 5.41) is 0. The van der Waals surface area contributed by atoms with E-state index in [1.54, 1.807) is 19.4 Å². The van der Waals surface area contributed by atoms with Gasteiger partial charge in [0.05, 0.1) is 12.8 Å². The van der Waals surface area contributed by atoms with E-state index >= 15 is 0 Å². The Hall–Kier alpha value is -3.15. The second-order valence-corrected chi connectivity index (χ2v) is 5.98. The molecule has 3 aromatic rings. The summed E-state index contributed by atoms with van der Waals surface area (Å²) in [6.07, 6.45) is 2.51. The van der Waals surface area contributed by atoms with Crippen LogP contribution in [0, 0.1) is 6.92 Å². The number of ether oxygens (including phenoxy) is 2. The van der Waals surface area contributed by atoms with Gasteiger partial charge in [-0.2, -0.15) is 0 Å². The van der Waals surface area contributed by atoms with Crippen molar-refractivity contribution in [2.75, 3.05) is 7.11 Å². The fraction of sp³-hybridized carbons (Fsp3) is 0.250. The topological polar surface area (TPSA) is 69.9 Å². The quantitative estimate of drug-likeness (QED) is 0.638. The van der Waals surface area contributed by atoms with Crippen molar-refractivity contribution < 1.29 is 14.3 Å². The molecule has 1 aromatic carbocycles. The Morgan fingerprint density at radius 1 is 1.19 bits per heavy atom. The van der Waals surface area contributed by atoms with Crippen LogP contribution in [-0.4, -0.2) is 22.5 Å². The largest absolute Gasteiger partial charge is 0.497 e. The molecule has 0 aliphatic carbocycles. The number of hydrogen-bond donors (Lipinski definition) is 0. The van der Waals surface area contributed by atoms with Gasteiger partial charge in [-0.1, -0.05) is 18.2 Å². The van der Waals surface area contributed by atoms with Gasteiger partial charge < -0.3 is 9.47 Å². The first-order valence-electron chi connectivity index (χ1n) is 8.33. The fourth-order valence-corrected chi connectivity index (χ4v) is 2.65. The summed E-state index contributed by atoms with van der Waals surface area (Å²) in [7, 11) is 1.61. The van der Waals surface area contributed by atoms with Crippen LogP contribution in [0.15, 0.2) is 53.5 Å². The molecule has 6 nitrogen and oxygen atoms in total. The molecular weight excluding hydrogens is 332 g/mol. The number of hydrogen-bond acceptors (Lipinski definition) is 5. The van der Waals surface area contributed by atoms with Crippen LogP contribution in [0.4, 0.5) is 0 Å². The standard InChI is InChI=1S/C20H20N2O4/c1-14-4-3-11-22-18(23)12-16(21-20(14)22)13-26-19(24)10-7-15-5-8-17(25-2)9-6-15/h3-6,8-9,11-12H,7,10,13H2,1-2H3. The van der Waals surface area contributed by atoms with Gasteiger partial charge >= 0.3 is 5.97 Å². The maximum atomic E-state index is 12.1. The number of aromatic nitrogens is 2. The number of fused-ring (bicyclic) bond motifs is 1. The summed E-state index contributed by atoms with van der Waals surface area (Å²) in [5.41, 5.74) is 2.74. The molecule has 0 saturated carbocycles. The summed E-state index contributed by atoms with van der Waals surface area (Å²) >= 11 is 0. The van der Waals surface area contributed by atoms with Crippen LogP contribution in [0.1, 0.15) is 23.2 Å². The minimum absolute atomic E-state index is 0.0124. The highest BCUT2D eigenvalue weighted by atomic mass is 16.5. The molecule has 0 N–H and O–H groups in total. The van der Waals surface area contributed by atoms with Crippen molar-refractivity contribution >= 4 is 11.6 Å². The number of esters is 1. The lowest BCUT2D eigenvalue weighted by Gasteiger charge is -2.07. The average molecular weight is 352 g/mol. The van der Waals surface area contributed by atoms with Gasteiger partial charge in [0.25, 0.3) is 5.56 Å². The predicted octanol–water partition coefficient (Wildman–Crippen LogP) is 2.69. The maximum absolute atomic E-state index is 12.1. The van der Waals surface area contributed by atoms with Crippen LogP contribution < -0.4 is 10.3 Å². The van der Waals surface area contributed by atoms with E-state index in [0.717, 1.165) is 16.9 Å². The molecule has 0 aliphatic heterocycles. The minimum atomic E-state index is -0.326. The molecule has 3 rings (SSSR count). The van der Waals surface area contributed by atoms with Crippen LogP contribution in [0.3, 0.4) is 0 Å². The van der Waals surface area contributed by atoms with Crippen molar-refractivity contribution in [2.24, 2.45) is 0 Å². The molecule has 2 aromatic heterocycles. The Balaban J connectivity index is 1.59. The van der Waals surface area contributed by atoms with Crippen LogP contribution in [0.5, 0.6) is 5.75 Å². The molecule has 2 heterocycles. The minimum Gasteiger partial charge on any atom is -0.497 e. The van der Waals surface area contributed by atoms with E-state index < -0.39 is 0 Å². The van der Waals surface area contributed by atoms with E-state index in [2.05, 4.69) is 4.98 Å². The second kappa shape index (κ2) is 7.82. The van der Waals surface area contributed by atoms with Gasteiger partial charge in [-0.15, -0.1) is 0 Å². The zero-order chi connectivity index (χ0) is 18.5. The van der Waals surface area contributed by atoms with Crippen molar-refractivity contribution in [1.29, 1.82) is 0 Å². The van der Waals surface area contributed by atoms with E-state index in [0.29, 0.717) is 17.8 Å². The van der Waals surface area contributed by atoms with E-state index in [4.69, 9.17) is 9.47 Å². The normalized spacial score (nSPS) is 10.7. The van der Waals surface area contributed by atoms with Gasteiger partial charge in [-0.25, -0.2) is 4.98 Å². The Labute approximate surface area is 151 Å². The number of carbonyl (C=O) groups excluding carboxylic acids is 1. The SMILES string of the molecule is COc1ccc(CCC(=O)OCc2cc(=O)n3cccc(C)c3n2)cc1. The number of nitrogens with zero attached hydrogens (tertiary/aromatic N) is 2. The molecule has 0 atom stereocenters. The highest BCUT2D eigenvalue weighted by molar-refractivity contribution is 5.69. The van der Waals surface area contributed by atoms with Gasteiger partial charge in [0, 0.05) is 18.7 Å². The van der Waals surface area contributed by atoms with Crippen molar-refractivity contribution in [2.45, 2.75) is 26.4 Å². The van der Waals surface area contributed by atoms with E-state index in [1.807, 2.05) is 37.3 Å². The van der Waals surface area contributed by atoms with E-state index in [1.165, 1.54) is 10.5 Å². The summed E-state index contributed by atoms with van der Waals surface area (Å²) in [4.78, 5) is 28.5. The third-order valence-electron chi connectivity index (χ3n) is 4.10. The third-order valence-corrected chi connectivity index (χ3v) is 4.10. The maximum Gasteiger partial charge on any atom is 0.306 e. The molecule has 6 heteroatoms. The molecule has 0 aliphatic rings. The number of benzene rings is 1. The van der Waals surface area contributed by atoms with Gasteiger partial charge in [0.2, 0.25) is 0 Å². The monoisotopic (exact) mass is 352 g/mol. The van der Waals surface area contributed by atoms with Gasteiger partial charge in [0.15, 0.2) is 0 Å². The number of pyridine rings is 1. The average Bonchev–Trinajstić information content (AvgIpc) is 2.66. The molecule has 0 radical (unpaired) electrons. The van der Waals surface area contributed by atoms with E-state index in [9.17, 15) is 9.59 Å². The lowest BCUT2D eigenvalue weighted by Crippen LogP contribution is -2.17. The lowest BCUT2D eigenvalue weighted by atomic mass is 10.1. The van der Waals surface area contributed by atoms with Gasteiger partial charge in [-0.3, -0.25) is 14.0 Å². The molecule has 0 saturated heterocycles. The highest BCUT2D eigenvalue weighted by Crippen LogP contribution is 2.13. The molecule has 0 spiro atoms. The zero-order valence-electron chi connectivity index (χ0n) is 14.8. The van der Waals surface area contributed by atoms with Crippen molar-refractivity contribution in [1.82, 2.24) is 9.38 Å². The van der Waals surface area contributed by atoms with E-state index in [-0.39, 0.29) is 24.6 Å². The smallest absolute Gasteiger partial charge is 0.306 e. The number of methoxy groups -OCH3 is 1. The van der Waals surface area contributed by atoms with Crippen LogP contribution in [0.25, 0.3) is 5.65 Å². The Morgan fingerprint density at radius 2 is 1.96 bits per heavy atom. The highest BCUT2D eigenvalue weighted by Gasteiger charge is 2.08. The van der Waals surface area contributed by atoms with Gasteiger partial charge in [0.1, 0.15) is 18.0 Å². The number of aryl methyl sites for hydroxylation is 2. The molecule has 0 fully saturated rings. The van der Waals surface area contributed by atoms with Crippen LogP contribution >= 0.6 is 0 Å². The van der Waals surface area contributed by atoms with Crippen LogP contribution in [-0.2, 0) is 22.6 Å². The first kappa shape index (κ1) is 17.7. The predicted molar refractivity (Wildman–Crippen MR) is 97.3 cm³/mol. The number of rotatable bonds is 6. The van der Waals surface area contributed by atoms with Crippen molar-refractivity contribution in [3.63, 3.8) is 0 Å². The molecule has 0 amide bonds. The second-order valence-electron chi connectivity index (χ2n) is 5.98. The summed E-state index contributed by atoms with van der Waals surface area (Å²) in [6.45, 7) is 1.87. The molecule has 0 unspecified atom stereocenters. The first-order chi connectivity index (χ1) is 12.6. The summed E-state index contributed by atoms with van der Waals surface area (Å²) < 4.78 is 11.8. The Morgan fingerprint density at radius 3 is 2.69 bits per heavy atom. The summed E-state index contributed by atoms with van der Waals surface area (Å²) in [5.74, 6) is 0.452. The first-order valence-corrected chi connectivity index (χ1v) is 8.33. The third kappa shape index (κ3) is 4.08. The summed E-state index contributed by atoms with van der Waals surface area (Å²) in [6, 6.07) is 12.6. The lowest BCUT2D eigenvalue weighted by molar-refractivity contribution is -0.145. The fourth-order valence-electron chi connectivity index (χ4n) is 2.65. The molecule has 26 heavy (non-hydrogen) atoms. The molecule has 0 bridgehead atoms. The Kier molecular flexibility index (Phi) is 5.31. The van der Waals surface area contributed by atoms with Gasteiger partial charge in [-0.05, 0) is 42.7 Å². The van der Waals surface area contributed by atoms with Crippen molar-refractivity contribution in [3.8, 4) is 5.75 Å². The zero-order valence-corrected chi connectivity index (χ0v) is 14.8. The molecular formula is C20H20N2O4. The van der Waals surface area contributed by atoms with Crippen LogP contribution in [0.2, 0.25) is 0 Å². The molecule has 134 valence electrons.